The number of aromatic nitrogens is 2. The maximum Gasteiger partial charge on any atom is 0.274 e. The zero-order chi connectivity index (χ0) is 19.9. The first-order valence-corrected chi connectivity index (χ1v) is 11.0. The first-order chi connectivity index (χ1) is 13.3. The van der Waals surface area contributed by atoms with Crippen molar-refractivity contribution in [1.29, 1.82) is 0 Å². The van der Waals surface area contributed by atoms with Crippen molar-refractivity contribution in [2.24, 2.45) is 5.92 Å². The van der Waals surface area contributed by atoms with Gasteiger partial charge < -0.3 is 5.32 Å². The molecule has 1 heterocycles. The number of carbonyl (C=O) groups excluding carboxylic acids is 1. The number of hydrogen-bond acceptors (Lipinski definition) is 4. The maximum atomic E-state index is 13.6. The molecule has 0 bridgehead atoms. The highest BCUT2D eigenvalue weighted by Gasteiger charge is 2.24. The van der Waals surface area contributed by atoms with E-state index in [1.54, 1.807) is 22.9 Å². The Bertz CT molecular complexity index is 1170. The number of amides is 1. The average Bonchev–Trinajstić information content (AvgIpc) is 2.95. The van der Waals surface area contributed by atoms with Crippen molar-refractivity contribution in [3.05, 3.63) is 54.0 Å². The van der Waals surface area contributed by atoms with E-state index in [1.807, 2.05) is 0 Å². The summed E-state index contributed by atoms with van der Waals surface area (Å²) in [4.78, 5) is 13.2. The molecule has 1 aliphatic rings. The number of nitrogens with zero attached hydrogens (tertiary/aromatic N) is 2. The number of anilines is 1. The molecule has 0 aliphatic heterocycles. The highest BCUT2D eigenvalue weighted by atomic mass is 32.2. The Hall–Kier alpha value is -2.74. The Morgan fingerprint density at radius 2 is 2.04 bits per heavy atom. The van der Waals surface area contributed by atoms with Crippen molar-refractivity contribution in [2.45, 2.75) is 30.7 Å². The molecule has 1 aliphatic carbocycles. The summed E-state index contributed by atoms with van der Waals surface area (Å²) in [7, 11) is -3.38. The van der Waals surface area contributed by atoms with Crippen molar-refractivity contribution < 1.29 is 17.6 Å². The molecule has 146 valence electrons. The minimum Gasteiger partial charge on any atom is -0.321 e. The molecule has 8 heteroatoms. The van der Waals surface area contributed by atoms with Crippen LogP contribution in [0.4, 0.5) is 10.1 Å². The van der Waals surface area contributed by atoms with Gasteiger partial charge in [-0.25, -0.2) is 12.8 Å². The molecule has 0 saturated heterocycles. The van der Waals surface area contributed by atoms with Crippen LogP contribution in [0.25, 0.3) is 10.9 Å². The monoisotopic (exact) mass is 401 g/mol. The zero-order valence-electron chi connectivity index (χ0n) is 15.4. The van der Waals surface area contributed by atoms with Crippen molar-refractivity contribution in [3.63, 3.8) is 0 Å². The Balaban J connectivity index is 1.71. The van der Waals surface area contributed by atoms with Crippen molar-refractivity contribution in [1.82, 2.24) is 9.78 Å². The van der Waals surface area contributed by atoms with E-state index in [4.69, 9.17) is 0 Å². The molecule has 1 saturated carbocycles. The van der Waals surface area contributed by atoms with E-state index in [2.05, 4.69) is 10.4 Å². The Morgan fingerprint density at radius 1 is 1.25 bits per heavy atom. The molecule has 28 heavy (non-hydrogen) atoms. The summed E-state index contributed by atoms with van der Waals surface area (Å²) in [6.45, 7) is 0.600. The summed E-state index contributed by atoms with van der Waals surface area (Å²) in [6.07, 6.45) is 4.45. The molecule has 0 spiro atoms. The van der Waals surface area contributed by atoms with Crippen molar-refractivity contribution >= 4 is 32.3 Å². The number of fused-ring (bicyclic) bond motifs is 1. The van der Waals surface area contributed by atoms with Crippen LogP contribution in [0.3, 0.4) is 0 Å². The van der Waals surface area contributed by atoms with Gasteiger partial charge in [-0.15, -0.1) is 0 Å². The predicted octanol–water partition coefficient (Wildman–Crippen LogP) is 3.63. The summed E-state index contributed by atoms with van der Waals surface area (Å²) in [5, 5.41) is 7.76. The van der Waals surface area contributed by atoms with Crippen LogP contribution in [0.1, 0.15) is 29.8 Å². The van der Waals surface area contributed by atoms with Gasteiger partial charge in [0.05, 0.1) is 10.4 Å². The average molecular weight is 401 g/mol. The fraction of sp³-hybridized carbons (Fsp3) is 0.300. The van der Waals surface area contributed by atoms with Gasteiger partial charge in [0.1, 0.15) is 11.5 Å². The van der Waals surface area contributed by atoms with Crippen LogP contribution in [0.15, 0.2) is 47.4 Å². The van der Waals surface area contributed by atoms with Crippen LogP contribution in [0.2, 0.25) is 0 Å². The molecule has 0 radical (unpaired) electrons. The van der Waals surface area contributed by atoms with Gasteiger partial charge >= 0.3 is 0 Å². The normalized spacial score (nSPS) is 14.8. The standard InChI is InChI=1S/C20H20FN3O3S/c1-28(26,27)16-7-3-6-15(11-16)22-20(25)19-17-9-8-14(21)10-18(17)23-24(19)12-13-4-2-5-13/h3,6-11,13H,2,4-5,12H2,1H3,(H,22,25). The minimum atomic E-state index is -3.38. The number of nitrogens with one attached hydrogen (secondary N) is 1. The molecule has 1 amide bonds. The van der Waals surface area contributed by atoms with E-state index >= 15 is 0 Å². The van der Waals surface area contributed by atoms with Crippen LogP contribution in [0, 0.1) is 11.7 Å². The molecular weight excluding hydrogens is 381 g/mol. The lowest BCUT2D eigenvalue weighted by Gasteiger charge is -2.25. The molecule has 2 aromatic carbocycles. The quantitative estimate of drug-likeness (QED) is 0.708. The number of rotatable bonds is 5. The predicted molar refractivity (Wildman–Crippen MR) is 105 cm³/mol. The SMILES string of the molecule is CS(=O)(=O)c1cccc(NC(=O)c2c3ccc(F)cc3nn2CC2CCC2)c1. The smallest absolute Gasteiger partial charge is 0.274 e. The van der Waals surface area contributed by atoms with Crippen LogP contribution < -0.4 is 5.32 Å². The van der Waals surface area contributed by atoms with E-state index in [0.29, 0.717) is 34.7 Å². The zero-order valence-corrected chi connectivity index (χ0v) is 16.2. The summed E-state index contributed by atoms with van der Waals surface area (Å²) in [6, 6.07) is 10.3. The van der Waals surface area contributed by atoms with Gasteiger partial charge in [0, 0.05) is 29.9 Å². The number of benzene rings is 2. The lowest BCUT2D eigenvalue weighted by atomic mass is 9.85. The van der Waals surface area contributed by atoms with Gasteiger partial charge in [-0.3, -0.25) is 9.48 Å². The van der Waals surface area contributed by atoms with Gasteiger partial charge in [-0.1, -0.05) is 12.5 Å². The minimum absolute atomic E-state index is 0.125. The molecule has 6 nitrogen and oxygen atoms in total. The Kier molecular flexibility index (Phi) is 4.66. The summed E-state index contributed by atoms with van der Waals surface area (Å²) < 4.78 is 38.8. The molecule has 4 rings (SSSR count). The maximum absolute atomic E-state index is 13.6. The van der Waals surface area contributed by atoms with E-state index in [0.717, 1.165) is 19.1 Å². The van der Waals surface area contributed by atoms with E-state index in [-0.39, 0.29) is 4.90 Å². The van der Waals surface area contributed by atoms with E-state index < -0.39 is 21.6 Å². The lowest BCUT2D eigenvalue weighted by Crippen LogP contribution is -2.24. The van der Waals surface area contributed by atoms with Crippen LogP contribution in [-0.4, -0.2) is 30.4 Å². The Labute approximate surface area is 162 Å². The van der Waals surface area contributed by atoms with Gasteiger partial charge in [0.15, 0.2) is 9.84 Å². The molecular formula is C20H20FN3O3S. The number of halogens is 1. The second-order valence-electron chi connectivity index (χ2n) is 7.24. The lowest BCUT2D eigenvalue weighted by molar-refractivity contribution is 0.101. The third-order valence-electron chi connectivity index (χ3n) is 5.09. The topological polar surface area (TPSA) is 81.1 Å². The van der Waals surface area contributed by atoms with E-state index in [1.165, 1.54) is 30.7 Å². The number of carbonyl (C=O) groups is 1. The molecule has 3 aromatic rings. The number of hydrogen-bond donors (Lipinski definition) is 1. The molecule has 0 unspecified atom stereocenters. The largest absolute Gasteiger partial charge is 0.321 e. The van der Waals surface area contributed by atoms with Gasteiger partial charge in [0.2, 0.25) is 0 Å². The summed E-state index contributed by atoms with van der Waals surface area (Å²) in [5.74, 6) is -0.355. The molecule has 1 aromatic heterocycles. The second-order valence-corrected chi connectivity index (χ2v) is 9.26. The van der Waals surface area contributed by atoms with Crippen LogP contribution >= 0.6 is 0 Å². The van der Waals surface area contributed by atoms with Gasteiger partial charge in [-0.05, 0) is 49.1 Å². The van der Waals surface area contributed by atoms with E-state index in [9.17, 15) is 17.6 Å². The molecule has 0 atom stereocenters. The fourth-order valence-corrected chi connectivity index (χ4v) is 4.06. The number of sulfone groups is 1. The van der Waals surface area contributed by atoms with Crippen LogP contribution in [0.5, 0.6) is 0 Å². The van der Waals surface area contributed by atoms with Gasteiger partial charge in [0.25, 0.3) is 5.91 Å². The molecule has 1 fully saturated rings. The third-order valence-corrected chi connectivity index (χ3v) is 6.20. The second kappa shape index (κ2) is 7.01. The first-order valence-electron chi connectivity index (χ1n) is 9.09. The molecule has 1 N–H and O–H groups in total. The fourth-order valence-electron chi connectivity index (χ4n) is 3.39. The van der Waals surface area contributed by atoms with Crippen LogP contribution in [-0.2, 0) is 16.4 Å². The summed E-state index contributed by atoms with van der Waals surface area (Å²) in [5.41, 5.74) is 1.15. The van der Waals surface area contributed by atoms with Crippen molar-refractivity contribution in [2.75, 3.05) is 11.6 Å². The first kappa shape index (κ1) is 18.6. The van der Waals surface area contributed by atoms with Gasteiger partial charge in [-0.2, -0.15) is 5.10 Å². The highest BCUT2D eigenvalue weighted by molar-refractivity contribution is 7.90. The highest BCUT2D eigenvalue weighted by Crippen LogP contribution is 2.30. The summed E-state index contributed by atoms with van der Waals surface area (Å²) >= 11 is 0. The van der Waals surface area contributed by atoms with Crippen molar-refractivity contribution in [3.8, 4) is 0 Å². The Morgan fingerprint density at radius 3 is 2.71 bits per heavy atom. The third kappa shape index (κ3) is 3.64.